The number of hydrogen-bond donors (Lipinski definition) is 0. The van der Waals surface area contributed by atoms with Gasteiger partial charge in [0.15, 0.2) is 0 Å². The van der Waals surface area contributed by atoms with E-state index < -0.39 is 0 Å². The zero-order valence-corrected chi connectivity index (χ0v) is 16.4. The molecule has 0 radical (unpaired) electrons. The van der Waals surface area contributed by atoms with Crippen LogP contribution < -0.4 is 4.74 Å². The van der Waals surface area contributed by atoms with Crippen LogP contribution in [-0.2, 0) is 18.1 Å². The Bertz CT molecular complexity index is 1220. The molecular weight excluding hydrogens is 372 g/mol. The molecule has 0 bridgehead atoms. The van der Waals surface area contributed by atoms with Gasteiger partial charge in [0.2, 0.25) is 0 Å². The molecule has 0 fully saturated rings. The Morgan fingerprint density at radius 2 is 1.57 bits per heavy atom. The van der Waals surface area contributed by atoms with Gasteiger partial charge in [0.05, 0.1) is 17.8 Å². The Balaban J connectivity index is 1.40. The van der Waals surface area contributed by atoms with Gasteiger partial charge in [-0.1, -0.05) is 71.9 Å². The summed E-state index contributed by atoms with van der Waals surface area (Å²) in [5.74, 6) is 0.732. The number of nitriles is 1. The molecular formula is C26H20N2O2. The zero-order chi connectivity index (χ0) is 20.6. The van der Waals surface area contributed by atoms with Crippen molar-refractivity contribution in [3.63, 3.8) is 0 Å². The molecule has 0 saturated heterocycles. The first kappa shape index (κ1) is 19.2. The minimum atomic E-state index is 0.236. The van der Waals surface area contributed by atoms with Crippen LogP contribution in [0.3, 0.4) is 0 Å². The third-order valence-corrected chi connectivity index (χ3v) is 4.75. The van der Waals surface area contributed by atoms with E-state index in [9.17, 15) is 0 Å². The average molecular weight is 392 g/mol. The summed E-state index contributed by atoms with van der Waals surface area (Å²) in [4.78, 5) is 5.39. The Hall–Kier alpha value is -4.10. The SMILES string of the molecule is N#Cc1ccccc1CO/N=C\c1ccccc1OCc1ccc2ccccc2c1. The van der Waals surface area contributed by atoms with Crippen LogP contribution >= 0.6 is 0 Å². The summed E-state index contributed by atoms with van der Waals surface area (Å²) in [5, 5.41) is 15.6. The summed E-state index contributed by atoms with van der Waals surface area (Å²) < 4.78 is 6.03. The van der Waals surface area contributed by atoms with Crippen LogP contribution in [0.2, 0.25) is 0 Å². The number of benzene rings is 4. The quantitative estimate of drug-likeness (QED) is 0.293. The smallest absolute Gasteiger partial charge is 0.143 e. The van der Waals surface area contributed by atoms with Crippen molar-refractivity contribution in [2.75, 3.05) is 0 Å². The maximum atomic E-state index is 9.14. The molecule has 0 aliphatic heterocycles. The van der Waals surface area contributed by atoms with Crippen molar-refractivity contribution in [1.82, 2.24) is 0 Å². The Labute approximate surface area is 175 Å². The van der Waals surface area contributed by atoms with Crippen molar-refractivity contribution in [2.24, 2.45) is 5.16 Å². The minimum Gasteiger partial charge on any atom is -0.488 e. The van der Waals surface area contributed by atoms with Gasteiger partial charge in [-0.2, -0.15) is 5.26 Å². The minimum absolute atomic E-state index is 0.236. The summed E-state index contributed by atoms with van der Waals surface area (Å²) in [6.45, 7) is 0.701. The zero-order valence-electron chi connectivity index (χ0n) is 16.4. The molecule has 4 aromatic rings. The average Bonchev–Trinajstić information content (AvgIpc) is 2.81. The molecule has 4 aromatic carbocycles. The molecule has 0 atom stereocenters. The largest absolute Gasteiger partial charge is 0.488 e. The van der Waals surface area contributed by atoms with E-state index in [2.05, 4.69) is 41.6 Å². The molecule has 4 nitrogen and oxygen atoms in total. The van der Waals surface area contributed by atoms with Gasteiger partial charge in [0.25, 0.3) is 0 Å². The van der Waals surface area contributed by atoms with Gasteiger partial charge >= 0.3 is 0 Å². The third-order valence-electron chi connectivity index (χ3n) is 4.75. The molecule has 0 N–H and O–H groups in total. The van der Waals surface area contributed by atoms with E-state index in [1.165, 1.54) is 10.8 Å². The van der Waals surface area contributed by atoms with Crippen molar-refractivity contribution in [2.45, 2.75) is 13.2 Å². The van der Waals surface area contributed by atoms with Crippen LogP contribution in [-0.4, -0.2) is 6.21 Å². The lowest BCUT2D eigenvalue weighted by Crippen LogP contribution is -1.99. The second kappa shape index (κ2) is 9.40. The van der Waals surface area contributed by atoms with Gasteiger partial charge in [0, 0.05) is 11.1 Å². The van der Waals surface area contributed by atoms with Gasteiger partial charge < -0.3 is 9.57 Å². The molecule has 0 aliphatic carbocycles. The molecule has 0 unspecified atom stereocenters. The molecule has 4 heteroatoms. The molecule has 0 aromatic heterocycles. The fraction of sp³-hybridized carbons (Fsp3) is 0.0769. The summed E-state index contributed by atoms with van der Waals surface area (Å²) in [5.41, 5.74) is 3.32. The van der Waals surface area contributed by atoms with E-state index in [-0.39, 0.29) is 6.61 Å². The second-order valence-corrected chi connectivity index (χ2v) is 6.78. The normalized spacial score (nSPS) is 10.8. The fourth-order valence-electron chi connectivity index (χ4n) is 3.16. The monoisotopic (exact) mass is 392 g/mol. The van der Waals surface area contributed by atoms with E-state index in [0.29, 0.717) is 12.2 Å². The first-order valence-electron chi connectivity index (χ1n) is 9.66. The van der Waals surface area contributed by atoms with E-state index in [0.717, 1.165) is 22.4 Å². The van der Waals surface area contributed by atoms with E-state index in [4.69, 9.17) is 14.8 Å². The first-order valence-corrected chi connectivity index (χ1v) is 9.66. The number of ether oxygens (including phenoxy) is 1. The third kappa shape index (κ3) is 4.65. The standard InChI is InChI=1S/C26H20N2O2/c27-16-23-9-3-4-11-25(23)19-30-28-17-24-10-5-6-12-26(24)29-18-20-13-14-21-7-1-2-8-22(21)15-20/h1-15,17H,18-19H2/b28-17-. The van der Waals surface area contributed by atoms with Crippen molar-refractivity contribution >= 4 is 17.0 Å². The fourth-order valence-corrected chi connectivity index (χ4v) is 3.16. The highest BCUT2D eigenvalue weighted by atomic mass is 16.6. The molecule has 30 heavy (non-hydrogen) atoms. The number of oxime groups is 1. The number of hydrogen-bond acceptors (Lipinski definition) is 4. The number of rotatable bonds is 7. The predicted molar refractivity (Wildman–Crippen MR) is 118 cm³/mol. The van der Waals surface area contributed by atoms with Crippen LogP contribution in [0.5, 0.6) is 5.75 Å². The summed E-state index contributed by atoms with van der Waals surface area (Å²) >= 11 is 0. The van der Waals surface area contributed by atoms with Crippen LogP contribution in [0.25, 0.3) is 10.8 Å². The molecule has 0 aliphatic rings. The van der Waals surface area contributed by atoms with Gasteiger partial charge in [0.1, 0.15) is 19.0 Å². The summed E-state index contributed by atoms with van der Waals surface area (Å²) in [6, 6.07) is 31.8. The number of fused-ring (bicyclic) bond motifs is 1. The highest BCUT2D eigenvalue weighted by molar-refractivity contribution is 5.83. The molecule has 0 heterocycles. The maximum absolute atomic E-state index is 9.14. The van der Waals surface area contributed by atoms with Gasteiger partial charge in [-0.15, -0.1) is 0 Å². The highest BCUT2D eigenvalue weighted by Crippen LogP contribution is 2.20. The lowest BCUT2D eigenvalue weighted by molar-refractivity contribution is 0.132. The molecule has 146 valence electrons. The van der Waals surface area contributed by atoms with Crippen LogP contribution in [0.1, 0.15) is 22.3 Å². The highest BCUT2D eigenvalue weighted by Gasteiger charge is 2.04. The maximum Gasteiger partial charge on any atom is 0.143 e. The van der Waals surface area contributed by atoms with Gasteiger partial charge in [-0.3, -0.25) is 0 Å². The lowest BCUT2D eigenvalue weighted by Gasteiger charge is -2.10. The van der Waals surface area contributed by atoms with Crippen molar-refractivity contribution in [3.8, 4) is 11.8 Å². The Morgan fingerprint density at radius 3 is 2.47 bits per heavy atom. The summed E-state index contributed by atoms with van der Waals surface area (Å²) in [7, 11) is 0. The second-order valence-electron chi connectivity index (χ2n) is 6.78. The van der Waals surface area contributed by atoms with Crippen molar-refractivity contribution in [3.05, 3.63) is 113 Å². The topological polar surface area (TPSA) is 54.6 Å². The van der Waals surface area contributed by atoms with Crippen molar-refractivity contribution < 1.29 is 9.57 Å². The molecule has 0 spiro atoms. The molecule has 4 rings (SSSR count). The number of para-hydroxylation sites is 1. The van der Waals surface area contributed by atoms with E-state index in [1.807, 2.05) is 54.6 Å². The van der Waals surface area contributed by atoms with Gasteiger partial charge in [-0.25, -0.2) is 0 Å². The van der Waals surface area contributed by atoms with Crippen LogP contribution in [0, 0.1) is 11.3 Å². The van der Waals surface area contributed by atoms with E-state index >= 15 is 0 Å². The Kier molecular flexibility index (Phi) is 6.02. The summed E-state index contributed by atoms with van der Waals surface area (Å²) in [6.07, 6.45) is 1.63. The first-order chi connectivity index (χ1) is 14.8. The Morgan fingerprint density at radius 1 is 0.800 bits per heavy atom. The molecule has 0 saturated carbocycles. The van der Waals surface area contributed by atoms with Crippen molar-refractivity contribution in [1.29, 1.82) is 5.26 Å². The van der Waals surface area contributed by atoms with E-state index in [1.54, 1.807) is 12.3 Å². The number of nitrogens with zero attached hydrogens (tertiary/aromatic N) is 2. The lowest BCUT2D eigenvalue weighted by atomic mass is 10.1. The van der Waals surface area contributed by atoms with Crippen LogP contribution in [0.15, 0.2) is 96.2 Å². The van der Waals surface area contributed by atoms with Gasteiger partial charge in [-0.05, 0) is 40.6 Å². The predicted octanol–water partition coefficient (Wildman–Crippen LogP) is 5.84. The molecule has 0 amide bonds. The van der Waals surface area contributed by atoms with Crippen LogP contribution in [0.4, 0.5) is 0 Å².